The van der Waals surface area contributed by atoms with E-state index in [0.717, 1.165) is 17.8 Å². The molecule has 112 valence electrons. The molecule has 1 aliphatic heterocycles. The third-order valence-corrected chi connectivity index (χ3v) is 7.74. The molecule has 0 spiro atoms. The van der Waals surface area contributed by atoms with Crippen LogP contribution in [0.3, 0.4) is 0 Å². The van der Waals surface area contributed by atoms with Crippen LogP contribution >= 0.6 is 34.7 Å². The highest BCUT2D eigenvalue weighted by Gasteiger charge is 2.33. The Bertz CT molecular complexity index is 586. The van der Waals surface area contributed by atoms with Crippen LogP contribution in [0, 0.1) is 0 Å². The fourth-order valence-corrected chi connectivity index (χ4v) is 6.14. The summed E-state index contributed by atoms with van der Waals surface area (Å²) in [5.41, 5.74) is 0. The van der Waals surface area contributed by atoms with Gasteiger partial charge in [0.1, 0.15) is 4.21 Å². The summed E-state index contributed by atoms with van der Waals surface area (Å²) in [5.74, 6) is -0.0405. The van der Waals surface area contributed by atoms with Crippen LogP contribution < -0.4 is 0 Å². The third-order valence-electron chi connectivity index (χ3n) is 2.92. The minimum absolute atomic E-state index is 0.124. The lowest BCUT2D eigenvalue weighted by Gasteiger charge is -2.15. The maximum Gasteiger partial charge on any atom is 0.315 e. The maximum absolute atomic E-state index is 12.4. The number of methoxy groups -OCH3 is 1. The van der Waals surface area contributed by atoms with Gasteiger partial charge in [-0.05, 0) is 18.6 Å². The average Bonchev–Trinajstić information content (AvgIpc) is 3.05. The molecule has 20 heavy (non-hydrogen) atoms. The van der Waals surface area contributed by atoms with Crippen molar-refractivity contribution in [2.75, 3.05) is 26.0 Å². The summed E-state index contributed by atoms with van der Waals surface area (Å²) < 4.78 is 31.5. The lowest BCUT2D eigenvalue weighted by Crippen LogP contribution is -2.28. The third kappa shape index (κ3) is 3.67. The summed E-state index contributed by atoms with van der Waals surface area (Å²) in [6.07, 6.45) is 0.736. The highest BCUT2D eigenvalue weighted by atomic mass is 35.5. The lowest BCUT2D eigenvalue weighted by atomic mass is 10.4. The molecule has 1 aliphatic rings. The van der Waals surface area contributed by atoms with Gasteiger partial charge in [-0.25, -0.2) is 8.42 Å². The molecule has 5 nitrogen and oxygen atoms in total. The van der Waals surface area contributed by atoms with Crippen LogP contribution in [0.25, 0.3) is 0 Å². The van der Waals surface area contributed by atoms with E-state index in [0.29, 0.717) is 17.4 Å². The van der Waals surface area contributed by atoms with Crippen LogP contribution in [0.2, 0.25) is 4.34 Å². The summed E-state index contributed by atoms with van der Waals surface area (Å²) in [6, 6.07) is 3.11. The predicted octanol–water partition coefficient (Wildman–Crippen LogP) is 2.07. The molecule has 0 saturated carbocycles. The Balaban J connectivity index is 1.97. The van der Waals surface area contributed by atoms with Crippen LogP contribution in [0.15, 0.2) is 16.3 Å². The SMILES string of the molecule is COC(=O)CS[C@H]1CCN(S(=O)(=O)c2ccc(Cl)s2)C1. The van der Waals surface area contributed by atoms with Crippen LogP contribution in [0.5, 0.6) is 0 Å². The first-order chi connectivity index (χ1) is 9.43. The molecule has 0 aliphatic carbocycles. The van der Waals surface area contributed by atoms with E-state index in [4.69, 9.17) is 11.6 Å². The smallest absolute Gasteiger partial charge is 0.315 e. The Hall–Kier alpha value is -0.280. The Morgan fingerprint density at radius 2 is 2.35 bits per heavy atom. The standard InChI is InChI=1S/C11H14ClNO4S3/c1-17-10(14)7-18-8-4-5-13(6-8)20(15,16)11-3-2-9(12)19-11/h2-3,8H,4-7H2,1H3/t8-/m0/s1. The number of esters is 1. The van der Waals surface area contributed by atoms with E-state index < -0.39 is 10.0 Å². The zero-order valence-electron chi connectivity index (χ0n) is 10.7. The number of ether oxygens (including phenoxy) is 1. The summed E-state index contributed by atoms with van der Waals surface area (Å²) in [4.78, 5) is 11.1. The number of thioether (sulfide) groups is 1. The fraction of sp³-hybridized carbons (Fsp3) is 0.545. The summed E-state index contributed by atoms with van der Waals surface area (Å²) >= 11 is 8.28. The number of sulfonamides is 1. The van der Waals surface area contributed by atoms with Gasteiger partial charge in [0, 0.05) is 18.3 Å². The summed E-state index contributed by atoms with van der Waals surface area (Å²) in [6.45, 7) is 0.885. The summed E-state index contributed by atoms with van der Waals surface area (Å²) in [5, 5.41) is 0.124. The Morgan fingerprint density at radius 1 is 1.60 bits per heavy atom. The van der Waals surface area contributed by atoms with E-state index in [9.17, 15) is 13.2 Å². The number of nitrogens with zero attached hydrogens (tertiary/aromatic N) is 1. The van der Waals surface area contributed by atoms with Gasteiger partial charge in [-0.2, -0.15) is 4.31 Å². The van der Waals surface area contributed by atoms with Crippen molar-refractivity contribution < 1.29 is 17.9 Å². The van der Waals surface area contributed by atoms with E-state index >= 15 is 0 Å². The summed E-state index contributed by atoms with van der Waals surface area (Å²) in [7, 11) is -2.11. The van der Waals surface area contributed by atoms with Crippen LogP contribution in [-0.2, 0) is 19.6 Å². The molecular weight excluding hydrogens is 342 g/mol. The van der Waals surface area contributed by atoms with Crippen LogP contribution in [-0.4, -0.2) is 49.9 Å². The van der Waals surface area contributed by atoms with Crippen LogP contribution in [0.1, 0.15) is 6.42 Å². The van der Waals surface area contributed by atoms with Crippen molar-refractivity contribution in [3.05, 3.63) is 16.5 Å². The van der Waals surface area contributed by atoms with Crippen molar-refractivity contribution in [3.8, 4) is 0 Å². The van der Waals surface area contributed by atoms with E-state index in [1.165, 1.54) is 29.2 Å². The number of halogens is 1. The molecule has 0 radical (unpaired) electrons. The van der Waals surface area contributed by atoms with Crippen molar-refractivity contribution in [2.45, 2.75) is 15.9 Å². The molecule has 1 aromatic rings. The highest BCUT2D eigenvalue weighted by Crippen LogP contribution is 2.32. The van der Waals surface area contributed by atoms with Gasteiger partial charge in [-0.3, -0.25) is 4.79 Å². The Labute approximate surface area is 131 Å². The van der Waals surface area contributed by atoms with E-state index in [2.05, 4.69) is 4.74 Å². The van der Waals surface area contributed by atoms with E-state index in [-0.39, 0.29) is 21.2 Å². The second-order valence-electron chi connectivity index (χ2n) is 4.22. The molecule has 0 aromatic carbocycles. The number of thiophene rings is 1. The van der Waals surface area contributed by atoms with Crippen LogP contribution in [0.4, 0.5) is 0 Å². The first kappa shape index (κ1) is 16.1. The number of hydrogen-bond acceptors (Lipinski definition) is 6. The number of carbonyl (C=O) groups excluding carboxylic acids is 1. The van der Waals surface area contributed by atoms with Crippen molar-refractivity contribution >= 4 is 50.7 Å². The maximum atomic E-state index is 12.4. The lowest BCUT2D eigenvalue weighted by molar-refractivity contribution is -0.137. The van der Waals surface area contributed by atoms with E-state index in [1.807, 2.05) is 0 Å². The molecular formula is C11H14ClNO4S3. The topological polar surface area (TPSA) is 63.7 Å². The van der Waals surface area contributed by atoms with Crippen molar-refractivity contribution in [1.82, 2.24) is 4.31 Å². The molecule has 2 rings (SSSR count). The predicted molar refractivity (Wildman–Crippen MR) is 81.0 cm³/mol. The zero-order valence-corrected chi connectivity index (χ0v) is 13.9. The second kappa shape index (κ2) is 6.65. The minimum Gasteiger partial charge on any atom is -0.468 e. The Morgan fingerprint density at radius 3 is 2.95 bits per heavy atom. The van der Waals surface area contributed by atoms with Crippen molar-refractivity contribution in [3.63, 3.8) is 0 Å². The molecule has 1 fully saturated rings. The fourth-order valence-electron chi connectivity index (χ4n) is 1.86. The molecule has 1 aromatic heterocycles. The van der Waals surface area contributed by atoms with Gasteiger partial charge in [0.15, 0.2) is 0 Å². The first-order valence-corrected chi connectivity index (χ1v) is 9.55. The molecule has 0 unspecified atom stereocenters. The van der Waals surface area contributed by atoms with Gasteiger partial charge in [-0.1, -0.05) is 11.6 Å². The minimum atomic E-state index is -3.46. The largest absolute Gasteiger partial charge is 0.468 e. The Kier molecular flexibility index (Phi) is 5.36. The molecule has 1 atom stereocenters. The molecule has 1 saturated heterocycles. The van der Waals surface area contributed by atoms with Crippen molar-refractivity contribution in [1.29, 1.82) is 0 Å². The number of rotatable bonds is 5. The number of hydrogen-bond donors (Lipinski definition) is 0. The van der Waals surface area contributed by atoms with Gasteiger partial charge in [0.2, 0.25) is 0 Å². The second-order valence-corrected chi connectivity index (χ2v) is 9.39. The molecule has 0 amide bonds. The zero-order chi connectivity index (χ0) is 14.8. The average molecular weight is 356 g/mol. The van der Waals surface area contributed by atoms with Gasteiger partial charge >= 0.3 is 5.97 Å². The molecule has 9 heteroatoms. The van der Waals surface area contributed by atoms with Crippen molar-refractivity contribution in [2.24, 2.45) is 0 Å². The molecule has 0 bridgehead atoms. The quantitative estimate of drug-likeness (QED) is 0.756. The van der Waals surface area contributed by atoms with Gasteiger partial charge < -0.3 is 4.74 Å². The molecule has 0 N–H and O–H groups in total. The van der Waals surface area contributed by atoms with E-state index in [1.54, 1.807) is 6.07 Å². The molecule has 2 heterocycles. The monoisotopic (exact) mass is 355 g/mol. The van der Waals surface area contributed by atoms with Gasteiger partial charge in [0.05, 0.1) is 17.2 Å². The van der Waals surface area contributed by atoms with Gasteiger partial charge in [-0.15, -0.1) is 23.1 Å². The number of carbonyl (C=O) groups is 1. The first-order valence-electron chi connectivity index (χ1n) is 5.87. The van der Waals surface area contributed by atoms with Gasteiger partial charge in [0.25, 0.3) is 10.0 Å². The normalized spacial score (nSPS) is 20.2. The highest BCUT2D eigenvalue weighted by molar-refractivity contribution is 8.00.